The van der Waals surface area contributed by atoms with Crippen LogP contribution in [0.3, 0.4) is 0 Å². The highest BCUT2D eigenvalue weighted by atomic mass is 19.2. The van der Waals surface area contributed by atoms with Gasteiger partial charge in [0, 0.05) is 7.05 Å². The first-order chi connectivity index (χ1) is 8.63. The van der Waals surface area contributed by atoms with Crippen molar-refractivity contribution in [1.82, 2.24) is 20.3 Å². The van der Waals surface area contributed by atoms with Crippen molar-refractivity contribution in [1.29, 1.82) is 0 Å². The van der Waals surface area contributed by atoms with Crippen LogP contribution in [0.15, 0.2) is 24.4 Å². The molecule has 1 aromatic heterocycles. The molecule has 4 nitrogen and oxygen atoms in total. The summed E-state index contributed by atoms with van der Waals surface area (Å²) in [5.41, 5.74) is 1.15. The zero-order valence-corrected chi connectivity index (χ0v) is 10.2. The van der Waals surface area contributed by atoms with E-state index in [0.717, 1.165) is 11.8 Å². The number of nitrogens with zero attached hydrogens (tertiary/aromatic N) is 3. The highest BCUT2D eigenvalue weighted by Crippen LogP contribution is 2.20. The Balaban J connectivity index is 2.26. The van der Waals surface area contributed by atoms with E-state index in [0.29, 0.717) is 12.0 Å². The topological polar surface area (TPSA) is 42.7 Å². The van der Waals surface area contributed by atoms with Crippen LogP contribution in [0.2, 0.25) is 0 Å². The summed E-state index contributed by atoms with van der Waals surface area (Å²) in [4.78, 5) is 0. The molecule has 0 aliphatic carbocycles. The van der Waals surface area contributed by atoms with Gasteiger partial charge in [0.1, 0.15) is 0 Å². The molecule has 6 heteroatoms. The first-order valence-electron chi connectivity index (χ1n) is 5.58. The molecule has 96 valence electrons. The first-order valence-corrected chi connectivity index (χ1v) is 5.58. The number of rotatable bonds is 4. The minimum atomic E-state index is -0.828. The maximum absolute atomic E-state index is 13.6. The third-order valence-electron chi connectivity index (χ3n) is 2.91. The Labute approximate surface area is 104 Å². The van der Waals surface area contributed by atoms with Crippen LogP contribution in [0.5, 0.6) is 0 Å². The van der Waals surface area contributed by atoms with E-state index >= 15 is 0 Å². The first kappa shape index (κ1) is 12.6. The molecule has 1 aromatic carbocycles. The molecule has 0 bridgehead atoms. The molecule has 1 atom stereocenters. The van der Waals surface area contributed by atoms with Crippen molar-refractivity contribution in [2.45, 2.75) is 12.5 Å². The van der Waals surface area contributed by atoms with E-state index in [-0.39, 0.29) is 6.04 Å². The van der Waals surface area contributed by atoms with Gasteiger partial charge in [-0.2, -0.15) is 0 Å². The number of hydrogen-bond donors (Lipinski definition) is 1. The molecule has 0 fully saturated rings. The van der Waals surface area contributed by atoms with Gasteiger partial charge in [-0.1, -0.05) is 17.3 Å². The molecule has 0 aliphatic heterocycles. The van der Waals surface area contributed by atoms with Crippen LogP contribution in [0.1, 0.15) is 17.3 Å². The standard InChI is InChI=1S/C12H14F2N4/c1-15-10(11-7-16-17-18(11)2)6-8-4-3-5-9(13)12(8)14/h3-5,7,10,15H,6H2,1-2H3. The molecule has 1 unspecified atom stereocenters. The molecule has 0 spiro atoms. The van der Waals surface area contributed by atoms with Gasteiger partial charge >= 0.3 is 0 Å². The second-order valence-electron chi connectivity index (χ2n) is 4.04. The van der Waals surface area contributed by atoms with Crippen molar-refractivity contribution >= 4 is 0 Å². The van der Waals surface area contributed by atoms with E-state index in [2.05, 4.69) is 15.6 Å². The van der Waals surface area contributed by atoms with Crippen molar-refractivity contribution in [3.8, 4) is 0 Å². The number of benzene rings is 1. The Bertz CT molecular complexity index is 539. The Hall–Kier alpha value is -1.82. The maximum Gasteiger partial charge on any atom is 0.162 e. The third-order valence-corrected chi connectivity index (χ3v) is 2.91. The number of aromatic nitrogens is 3. The average molecular weight is 252 g/mol. The lowest BCUT2D eigenvalue weighted by Gasteiger charge is -2.16. The van der Waals surface area contributed by atoms with E-state index in [4.69, 9.17) is 0 Å². The maximum atomic E-state index is 13.6. The second-order valence-corrected chi connectivity index (χ2v) is 4.04. The van der Waals surface area contributed by atoms with Crippen LogP contribution in [-0.2, 0) is 13.5 Å². The summed E-state index contributed by atoms with van der Waals surface area (Å²) in [6.45, 7) is 0. The Kier molecular flexibility index (Phi) is 3.66. The highest BCUT2D eigenvalue weighted by molar-refractivity contribution is 5.21. The van der Waals surface area contributed by atoms with Crippen LogP contribution in [-0.4, -0.2) is 22.0 Å². The van der Waals surface area contributed by atoms with Crippen molar-refractivity contribution < 1.29 is 8.78 Å². The summed E-state index contributed by atoms with van der Waals surface area (Å²) in [6, 6.07) is 4.02. The van der Waals surface area contributed by atoms with Crippen molar-refractivity contribution in [3.63, 3.8) is 0 Å². The van der Waals surface area contributed by atoms with Gasteiger partial charge in [-0.3, -0.25) is 4.68 Å². The van der Waals surface area contributed by atoms with Crippen LogP contribution >= 0.6 is 0 Å². The summed E-state index contributed by atoms with van der Waals surface area (Å²) in [5.74, 6) is -1.63. The minimum Gasteiger partial charge on any atom is -0.311 e. The summed E-state index contributed by atoms with van der Waals surface area (Å²) < 4.78 is 28.3. The quantitative estimate of drug-likeness (QED) is 0.898. The van der Waals surface area contributed by atoms with Crippen LogP contribution in [0.25, 0.3) is 0 Å². The molecule has 2 rings (SSSR count). The Morgan fingerprint density at radius 2 is 2.17 bits per heavy atom. The summed E-state index contributed by atoms with van der Waals surface area (Å²) in [7, 11) is 3.52. The minimum absolute atomic E-state index is 0.165. The Morgan fingerprint density at radius 1 is 1.39 bits per heavy atom. The van der Waals surface area contributed by atoms with Crippen LogP contribution in [0.4, 0.5) is 8.78 Å². The summed E-state index contributed by atoms with van der Waals surface area (Å²) in [5, 5.41) is 10.7. The van der Waals surface area contributed by atoms with Gasteiger partial charge < -0.3 is 5.32 Å². The molecular formula is C12H14F2N4. The highest BCUT2D eigenvalue weighted by Gasteiger charge is 2.17. The number of halogens is 2. The lowest BCUT2D eigenvalue weighted by atomic mass is 10.0. The smallest absolute Gasteiger partial charge is 0.162 e. The van der Waals surface area contributed by atoms with Gasteiger partial charge in [0.2, 0.25) is 0 Å². The van der Waals surface area contributed by atoms with E-state index in [9.17, 15) is 8.78 Å². The lowest BCUT2D eigenvalue weighted by Crippen LogP contribution is -2.22. The predicted octanol–water partition coefficient (Wildman–Crippen LogP) is 1.60. The van der Waals surface area contributed by atoms with E-state index in [1.165, 1.54) is 6.07 Å². The van der Waals surface area contributed by atoms with Gasteiger partial charge in [-0.15, -0.1) is 5.10 Å². The number of nitrogens with one attached hydrogen (secondary N) is 1. The molecule has 0 saturated heterocycles. The van der Waals surface area contributed by atoms with E-state index < -0.39 is 11.6 Å². The summed E-state index contributed by atoms with van der Waals surface area (Å²) >= 11 is 0. The fraction of sp³-hybridized carbons (Fsp3) is 0.333. The predicted molar refractivity (Wildman–Crippen MR) is 62.9 cm³/mol. The van der Waals surface area contributed by atoms with E-state index in [1.54, 1.807) is 31.0 Å². The SMILES string of the molecule is CNC(Cc1cccc(F)c1F)c1cnnn1C. The fourth-order valence-corrected chi connectivity index (χ4v) is 1.89. The van der Waals surface area contributed by atoms with Gasteiger partial charge in [0.15, 0.2) is 11.6 Å². The molecule has 0 aliphatic rings. The molecule has 0 amide bonds. The number of hydrogen-bond acceptors (Lipinski definition) is 3. The van der Waals surface area contributed by atoms with Crippen LogP contribution < -0.4 is 5.32 Å². The van der Waals surface area contributed by atoms with Crippen molar-refractivity contribution in [3.05, 3.63) is 47.3 Å². The lowest BCUT2D eigenvalue weighted by molar-refractivity contribution is 0.479. The molecular weight excluding hydrogens is 238 g/mol. The van der Waals surface area contributed by atoms with Gasteiger partial charge in [-0.05, 0) is 25.1 Å². The Morgan fingerprint density at radius 3 is 2.78 bits per heavy atom. The monoisotopic (exact) mass is 252 g/mol. The number of likely N-dealkylation sites (N-methyl/N-ethyl adjacent to an activating group) is 1. The zero-order chi connectivity index (χ0) is 13.1. The van der Waals surface area contributed by atoms with Crippen molar-refractivity contribution in [2.75, 3.05) is 7.05 Å². The summed E-state index contributed by atoms with van der Waals surface area (Å²) in [6.07, 6.45) is 1.94. The van der Waals surface area contributed by atoms with Gasteiger partial charge in [-0.25, -0.2) is 8.78 Å². The molecule has 2 aromatic rings. The fourth-order valence-electron chi connectivity index (χ4n) is 1.89. The molecule has 0 saturated carbocycles. The molecule has 1 N–H and O–H groups in total. The zero-order valence-electron chi connectivity index (χ0n) is 10.2. The molecule has 18 heavy (non-hydrogen) atoms. The van der Waals surface area contributed by atoms with Gasteiger partial charge in [0.25, 0.3) is 0 Å². The second kappa shape index (κ2) is 5.22. The van der Waals surface area contributed by atoms with Gasteiger partial charge in [0.05, 0.1) is 17.9 Å². The van der Waals surface area contributed by atoms with E-state index in [1.807, 2.05) is 0 Å². The molecule has 0 radical (unpaired) electrons. The average Bonchev–Trinajstić information content (AvgIpc) is 2.77. The number of aryl methyl sites for hydroxylation is 1. The molecule has 1 heterocycles. The van der Waals surface area contributed by atoms with Crippen molar-refractivity contribution in [2.24, 2.45) is 7.05 Å². The normalized spacial score (nSPS) is 12.7. The third kappa shape index (κ3) is 2.38. The van der Waals surface area contributed by atoms with Crippen LogP contribution in [0, 0.1) is 11.6 Å². The largest absolute Gasteiger partial charge is 0.311 e.